The molecule has 4 aromatic rings. The van der Waals surface area contributed by atoms with Gasteiger partial charge >= 0.3 is 0 Å². The van der Waals surface area contributed by atoms with Crippen molar-refractivity contribution in [2.24, 2.45) is 0 Å². The van der Waals surface area contributed by atoms with E-state index in [2.05, 4.69) is 52.9 Å². The van der Waals surface area contributed by atoms with Crippen LogP contribution < -0.4 is 10.1 Å². The molecule has 0 saturated heterocycles. The number of nitrogens with one attached hydrogen (secondary N) is 2. The molecule has 0 bridgehead atoms. The van der Waals surface area contributed by atoms with Crippen LogP contribution in [0.3, 0.4) is 0 Å². The van der Waals surface area contributed by atoms with Crippen LogP contribution >= 0.6 is 23.2 Å². The van der Waals surface area contributed by atoms with Crippen molar-refractivity contribution in [1.29, 1.82) is 0 Å². The van der Waals surface area contributed by atoms with Gasteiger partial charge in [-0.2, -0.15) is 0 Å². The summed E-state index contributed by atoms with van der Waals surface area (Å²) in [6, 6.07) is 22.1. The standard InChI is InChI=1S/C24H22Cl2N2O/c25-22-9-8-18(13-23(22)26)16-29-20-5-3-4-17(12-20)14-27-11-10-19-15-28-24-7-2-1-6-21(19)24/h1-9,12-13,15,27-28H,10-11,14,16H2. The SMILES string of the molecule is Clc1ccc(COc2cccc(CNCCc3c[nH]c4ccccc34)c2)cc1Cl. The molecule has 0 aliphatic rings. The zero-order valence-electron chi connectivity index (χ0n) is 15.9. The van der Waals surface area contributed by atoms with Gasteiger partial charge in [-0.3, -0.25) is 0 Å². The first-order valence-corrected chi connectivity index (χ1v) is 10.4. The number of hydrogen-bond acceptors (Lipinski definition) is 2. The summed E-state index contributed by atoms with van der Waals surface area (Å²) >= 11 is 12.0. The van der Waals surface area contributed by atoms with Crippen LogP contribution in [0, 0.1) is 0 Å². The van der Waals surface area contributed by atoms with Crippen molar-refractivity contribution < 1.29 is 4.74 Å². The molecule has 3 nitrogen and oxygen atoms in total. The summed E-state index contributed by atoms with van der Waals surface area (Å²) in [4.78, 5) is 3.33. The van der Waals surface area contributed by atoms with E-state index in [1.165, 1.54) is 22.0 Å². The van der Waals surface area contributed by atoms with Gasteiger partial charge in [0, 0.05) is 23.6 Å². The minimum absolute atomic E-state index is 0.453. The van der Waals surface area contributed by atoms with Gasteiger partial charge in [-0.25, -0.2) is 0 Å². The molecule has 1 heterocycles. The van der Waals surface area contributed by atoms with E-state index in [1.54, 1.807) is 6.07 Å². The van der Waals surface area contributed by atoms with Crippen molar-refractivity contribution in [3.63, 3.8) is 0 Å². The predicted molar refractivity (Wildman–Crippen MR) is 121 cm³/mol. The van der Waals surface area contributed by atoms with Gasteiger partial charge in [0.2, 0.25) is 0 Å². The van der Waals surface area contributed by atoms with E-state index in [-0.39, 0.29) is 0 Å². The normalized spacial score (nSPS) is 11.1. The maximum Gasteiger partial charge on any atom is 0.120 e. The molecule has 1 aromatic heterocycles. The fraction of sp³-hybridized carbons (Fsp3) is 0.167. The van der Waals surface area contributed by atoms with Crippen molar-refractivity contribution in [2.75, 3.05) is 6.54 Å². The summed E-state index contributed by atoms with van der Waals surface area (Å²) in [5.74, 6) is 0.840. The number of aromatic nitrogens is 1. The Hall–Kier alpha value is -2.46. The van der Waals surface area contributed by atoms with E-state index in [1.807, 2.05) is 24.3 Å². The summed E-state index contributed by atoms with van der Waals surface area (Å²) in [6.07, 6.45) is 3.08. The van der Waals surface area contributed by atoms with E-state index in [4.69, 9.17) is 27.9 Å². The van der Waals surface area contributed by atoms with Gasteiger partial charge in [0.05, 0.1) is 10.0 Å². The minimum atomic E-state index is 0.453. The number of H-pyrrole nitrogens is 1. The lowest BCUT2D eigenvalue weighted by molar-refractivity contribution is 0.306. The van der Waals surface area contributed by atoms with Crippen molar-refractivity contribution in [3.05, 3.63) is 99.7 Å². The second-order valence-electron chi connectivity index (χ2n) is 6.97. The first-order chi connectivity index (χ1) is 14.2. The van der Waals surface area contributed by atoms with Gasteiger partial charge in [0.1, 0.15) is 12.4 Å². The van der Waals surface area contributed by atoms with Crippen molar-refractivity contribution in [1.82, 2.24) is 10.3 Å². The Bertz CT molecular complexity index is 1110. The monoisotopic (exact) mass is 424 g/mol. The summed E-state index contributed by atoms with van der Waals surface area (Å²) in [5, 5.41) is 5.91. The zero-order chi connectivity index (χ0) is 20.1. The lowest BCUT2D eigenvalue weighted by atomic mass is 10.1. The molecule has 148 valence electrons. The second kappa shape index (κ2) is 9.36. The van der Waals surface area contributed by atoms with Crippen LogP contribution in [0.25, 0.3) is 10.9 Å². The highest BCUT2D eigenvalue weighted by Crippen LogP contribution is 2.24. The fourth-order valence-corrected chi connectivity index (χ4v) is 3.66. The lowest BCUT2D eigenvalue weighted by Gasteiger charge is -2.10. The van der Waals surface area contributed by atoms with Crippen LogP contribution in [-0.2, 0) is 19.6 Å². The highest BCUT2D eigenvalue weighted by atomic mass is 35.5. The number of fused-ring (bicyclic) bond motifs is 1. The Kier molecular flexibility index (Phi) is 6.40. The van der Waals surface area contributed by atoms with Crippen molar-refractivity contribution in [3.8, 4) is 5.75 Å². The topological polar surface area (TPSA) is 37.0 Å². The molecule has 5 heteroatoms. The molecule has 29 heavy (non-hydrogen) atoms. The highest BCUT2D eigenvalue weighted by Gasteiger charge is 2.04. The number of benzene rings is 3. The molecule has 3 aromatic carbocycles. The number of hydrogen-bond donors (Lipinski definition) is 2. The maximum absolute atomic E-state index is 6.06. The number of aromatic amines is 1. The average Bonchev–Trinajstić information content (AvgIpc) is 3.16. The molecular formula is C24H22Cl2N2O. The van der Waals surface area contributed by atoms with E-state index < -0.39 is 0 Å². The molecule has 0 atom stereocenters. The Morgan fingerprint density at radius 2 is 1.76 bits per heavy atom. The van der Waals surface area contributed by atoms with Crippen LogP contribution in [0.4, 0.5) is 0 Å². The van der Waals surface area contributed by atoms with Gasteiger partial charge in [0.25, 0.3) is 0 Å². The number of para-hydroxylation sites is 1. The molecule has 4 rings (SSSR count). The van der Waals surface area contributed by atoms with Gasteiger partial charge in [0.15, 0.2) is 0 Å². The van der Waals surface area contributed by atoms with Crippen LogP contribution in [0.1, 0.15) is 16.7 Å². The third kappa shape index (κ3) is 5.13. The van der Waals surface area contributed by atoms with Gasteiger partial charge in [-0.1, -0.05) is 59.6 Å². The number of rotatable bonds is 8. The molecular weight excluding hydrogens is 403 g/mol. The number of ether oxygens (including phenoxy) is 1. The quantitative estimate of drug-likeness (QED) is 0.321. The van der Waals surface area contributed by atoms with Crippen LogP contribution in [-0.4, -0.2) is 11.5 Å². The van der Waals surface area contributed by atoms with Crippen molar-refractivity contribution >= 4 is 34.1 Å². The summed E-state index contributed by atoms with van der Waals surface area (Å²) in [5.41, 5.74) is 4.71. The van der Waals surface area contributed by atoms with Crippen LogP contribution in [0.5, 0.6) is 5.75 Å². The molecule has 2 N–H and O–H groups in total. The Labute approximate surface area is 180 Å². The van der Waals surface area contributed by atoms with Gasteiger partial charge in [-0.15, -0.1) is 0 Å². The summed E-state index contributed by atoms with van der Waals surface area (Å²) in [7, 11) is 0. The fourth-order valence-electron chi connectivity index (χ4n) is 3.34. The Morgan fingerprint density at radius 1 is 0.862 bits per heavy atom. The average molecular weight is 425 g/mol. The lowest BCUT2D eigenvalue weighted by Crippen LogP contribution is -2.16. The van der Waals surface area contributed by atoms with E-state index in [0.29, 0.717) is 16.7 Å². The largest absolute Gasteiger partial charge is 0.489 e. The predicted octanol–water partition coefficient (Wildman–Crippen LogP) is 6.39. The van der Waals surface area contributed by atoms with Gasteiger partial charge < -0.3 is 15.0 Å². The Morgan fingerprint density at radius 3 is 2.66 bits per heavy atom. The Balaban J connectivity index is 1.28. The zero-order valence-corrected chi connectivity index (χ0v) is 17.4. The molecule has 0 fully saturated rings. The second-order valence-corrected chi connectivity index (χ2v) is 7.79. The third-order valence-electron chi connectivity index (χ3n) is 4.86. The molecule has 0 spiro atoms. The van der Waals surface area contributed by atoms with E-state index in [0.717, 1.165) is 30.8 Å². The third-order valence-corrected chi connectivity index (χ3v) is 5.60. The minimum Gasteiger partial charge on any atom is -0.489 e. The van der Waals surface area contributed by atoms with E-state index >= 15 is 0 Å². The summed E-state index contributed by atoms with van der Waals surface area (Å²) < 4.78 is 5.91. The van der Waals surface area contributed by atoms with Crippen molar-refractivity contribution in [2.45, 2.75) is 19.6 Å². The first-order valence-electron chi connectivity index (χ1n) is 9.60. The maximum atomic E-state index is 6.06. The van der Waals surface area contributed by atoms with Crippen LogP contribution in [0.15, 0.2) is 72.9 Å². The molecule has 0 unspecified atom stereocenters. The first kappa shape index (κ1) is 19.8. The molecule has 0 aliphatic heterocycles. The van der Waals surface area contributed by atoms with Gasteiger partial charge in [-0.05, 0) is 60.0 Å². The molecule has 0 saturated carbocycles. The molecule has 0 amide bonds. The highest BCUT2D eigenvalue weighted by molar-refractivity contribution is 6.42. The number of halogens is 2. The van der Waals surface area contributed by atoms with E-state index in [9.17, 15) is 0 Å². The smallest absolute Gasteiger partial charge is 0.120 e. The van der Waals surface area contributed by atoms with Crippen LogP contribution in [0.2, 0.25) is 10.0 Å². The molecule has 0 aliphatic carbocycles. The summed E-state index contributed by atoms with van der Waals surface area (Å²) in [6.45, 7) is 2.16. The molecule has 0 radical (unpaired) electrons.